The van der Waals surface area contributed by atoms with Crippen molar-refractivity contribution in [2.24, 2.45) is 11.8 Å². The molecule has 0 heterocycles. The van der Waals surface area contributed by atoms with Crippen LogP contribution in [0.15, 0.2) is 22.7 Å². The first-order chi connectivity index (χ1) is 6.72. The fourth-order valence-corrected chi connectivity index (χ4v) is 2.30. The average molecular weight is 255 g/mol. The van der Waals surface area contributed by atoms with Crippen molar-refractivity contribution in [3.8, 4) is 0 Å². The summed E-state index contributed by atoms with van der Waals surface area (Å²) in [6.07, 6.45) is 2.57. The number of nitrogens with one attached hydrogen (secondary N) is 1. The topological polar surface area (TPSA) is 38.0 Å². The van der Waals surface area contributed by atoms with E-state index in [1.54, 1.807) is 0 Å². The quantitative estimate of drug-likeness (QED) is 0.643. The first kappa shape index (κ1) is 10.1. The largest absolute Gasteiger partial charge is 0.271 e. The molecule has 3 N–H and O–H groups in total. The highest BCUT2D eigenvalue weighted by Crippen LogP contribution is 2.42. The fourth-order valence-electron chi connectivity index (χ4n) is 1.81. The molecule has 0 radical (unpaired) electrons. The molecule has 1 aliphatic carbocycles. The molecule has 0 bridgehead atoms. The molecule has 0 aliphatic heterocycles. The molecule has 0 amide bonds. The molecular weight excluding hydrogens is 240 g/mol. The molecule has 1 atom stereocenters. The van der Waals surface area contributed by atoms with Crippen molar-refractivity contribution >= 4 is 15.9 Å². The van der Waals surface area contributed by atoms with Crippen molar-refractivity contribution in [3.05, 3.63) is 33.8 Å². The Hall–Kier alpha value is -0.380. The maximum atomic E-state index is 5.59. The Morgan fingerprint density at radius 1 is 1.50 bits per heavy atom. The molecule has 0 saturated heterocycles. The molecule has 76 valence electrons. The van der Waals surface area contributed by atoms with E-state index in [4.69, 9.17) is 5.84 Å². The van der Waals surface area contributed by atoms with Gasteiger partial charge in [-0.1, -0.05) is 33.6 Å². The minimum absolute atomic E-state index is 0.310. The minimum atomic E-state index is 0.310. The summed E-state index contributed by atoms with van der Waals surface area (Å²) in [5, 5.41) is 0. The highest BCUT2D eigenvalue weighted by Gasteiger charge is 2.32. The van der Waals surface area contributed by atoms with E-state index in [-0.39, 0.29) is 0 Å². The van der Waals surface area contributed by atoms with Crippen molar-refractivity contribution in [2.75, 3.05) is 0 Å². The second kappa shape index (κ2) is 4.01. The van der Waals surface area contributed by atoms with Crippen LogP contribution in [0, 0.1) is 12.8 Å². The lowest BCUT2D eigenvalue weighted by molar-refractivity contribution is 0.495. The smallest absolute Gasteiger partial charge is 0.0499 e. The third-order valence-corrected chi connectivity index (χ3v) is 3.48. The van der Waals surface area contributed by atoms with Crippen LogP contribution >= 0.6 is 15.9 Å². The number of nitrogens with two attached hydrogens (primary N) is 1. The van der Waals surface area contributed by atoms with Gasteiger partial charge in [0.25, 0.3) is 0 Å². The van der Waals surface area contributed by atoms with Gasteiger partial charge in [-0.05, 0) is 37.3 Å². The summed E-state index contributed by atoms with van der Waals surface area (Å²) in [4.78, 5) is 0. The van der Waals surface area contributed by atoms with Gasteiger partial charge < -0.3 is 0 Å². The normalized spacial score (nSPS) is 18.2. The summed E-state index contributed by atoms with van der Waals surface area (Å²) in [6.45, 7) is 2.11. The van der Waals surface area contributed by atoms with E-state index >= 15 is 0 Å². The van der Waals surface area contributed by atoms with Gasteiger partial charge in [0, 0.05) is 10.5 Å². The Morgan fingerprint density at radius 2 is 2.21 bits per heavy atom. The lowest BCUT2D eigenvalue weighted by Gasteiger charge is -2.17. The van der Waals surface area contributed by atoms with Gasteiger partial charge in [-0.15, -0.1) is 0 Å². The molecular formula is C11H15BrN2. The van der Waals surface area contributed by atoms with Gasteiger partial charge in [0.2, 0.25) is 0 Å². The van der Waals surface area contributed by atoms with Gasteiger partial charge in [-0.25, -0.2) is 0 Å². The predicted molar refractivity (Wildman–Crippen MR) is 61.7 cm³/mol. The first-order valence-electron chi connectivity index (χ1n) is 4.94. The minimum Gasteiger partial charge on any atom is -0.271 e. The molecule has 14 heavy (non-hydrogen) atoms. The molecule has 1 fully saturated rings. The van der Waals surface area contributed by atoms with Crippen molar-refractivity contribution in [1.29, 1.82) is 0 Å². The van der Waals surface area contributed by atoms with E-state index in [1.807, 2.05) is 0 Å². The number of rotatable bonds is 3. The second-order valence-corrected chi connectivity index (χ2v) is 4.86. The van der Waals surface area contributed by atoms with Crippen LogP contribution in [0.1, 0.15) is 30.0 Å². The van der Waals surface area contributed by atoms with Crippen LogP contribution in [0.2, 0.25) is 0 Å². The Labute approximate surface area is 93.0 Å². The van der Waals surface area contributed by atoms with E-state index in [2.05, 4.69) is 46.5 Å². The van der Waals surface area contributed by atoms with Crippen LogP contribution in [-0.4, -0.2) is 0 Å². The van der Waals surface area contributed by atoms with Gasteiger partial charge in [-0.2, -0.15) is 0 Å². The zero-order valence-corrected chi connectivity index (χ0v) is 9.84. The third-order valence-electron chi connectivity index (χ3n) is 2.76. The number of aryl methyl sites for hydroxylation is 1. The van der Waals surface area contributed by atoms with Crippen molar-refractivity contribution in [2.45, 2.75) is 25.8 Å². The van der Waals surface area contributed by atoms with Crippen LogP contribution in [0.3, 0.4) is 0 Å². The lowest BCUT2D eigenvalue weighted by Crippen LogP contribution is -2.29. The Kier molecular flexibility index (Phi) is 2.91. The van der Waals surface area contributed by atoms with Crippen LogP contribution in [0.25, 0.3) is 0 Å². The number of hydrogen-bond donors (Lipinski definition) is 2. The van der Waals surface area contributed by atoms with Crippen LogP contribution in [-0.2, 0) is 0 Å². The van der Waals surface area contributed by atoms with E-state index in [1.165, 1.54) is 24.0 Å². The van der Waals surface area contributed by atoms with Crippen LogP contribution in [0.5, 0.6) is 0 Å². The molecule has 2 nitrogen and oxygen atoms in total. The summed E-state index contributed by atoms with van der Waals surface area (Å²) in [7, 11) is 0. The Bertz CT molecular complexity index is 334. The monoisotopic (exact) mass is 254 g/mol. The standard InChI is InChI=1S/C11H15BrN2/c1-7-2-5-10(12)9(6-7)11(14-13)8-3-4-8/h2,5-6,8,11,14H,3-4,13H2,1H3. The highest BCUT2D eigenvalue weighted by atomic mass is 79.9. The van der Waals surface area contributed by atoms with E-state index in [0.717, 1.165) is 10.4 Å². The number of benzene rings is 1. The molecule has 1 saturated carbocycles. The maximum absolute atomic E-state index is 5.59. The number of hydrazine groups is 1. The molecule has 1 unspecified atom stereocenters. The molecule has 1 aromatic rings. The summed E-state index contributed by atoms with van der Waals surface area (Å²) >= 11 is 3.57. The van der Waals surface area contributed by atoms with Crippen molar-refractivity contribution < 1.29 is 0 Å². The van der Waals surface area contributed by atoms with E-state index in [0.29, 0.717) is 6.04 Å². The van der Waals surface area contributed by atoms with Crippen LogP contribution < -0.4 is 11.3 Å². The van der Waals surface area contributed by atoms with Gasteiger partial charge >= 0.3 is 0 Å². The third kappa shape index (κ3) is 2.00. The predicted octanol–water partition coefficient (Wildman–Crippen LogP) is 2.67. The van der Waals surface area contributed by atoms with Crippen LogP contribution in [0.4, 0.5) is 0 Å². The molecule has 1 aromatic carbocycles. The average Bonchev–Trinajstić information content (AvgIpc) is 2.96. The Morgan fingerprint density at radius 3 is 2.79 bits per heavy atom. The fraction of sp³-hybridized carbons (Fsp3) is 0.455. The molecule has 2 rings (SSSR count). The number of hydrogen-bond acceptors (Lipinski definition) is 2. The van der Waals surface area contributed by atoms with E-state index in [9.17, 15) is 0 Å². The number of halogens is 1. The highest BCUT2D eigenvalue weighted by molar-refractivity contribution is 9.10. The van der Waals surface area contributed by atoms with Gasteiger partial charge in [-0.3, -0.25) is 11.3 Å². The summed E-state index contributed by atoms with van der Waals surface area (Å²) in [6, 6.07) is 6.71. The SMILES string of the molecule is Cc1ccc(Br)c(C(NN)C2CC2)c1. The first-order valence-corrected chi connectivity index (χ1v) is 5.74. The molecule has 1 aliphatic rings. The van der Waals surface area contributed by atoms with Crippen molar-refractivity contribution in [3.63, 3.8) is 0 Å². The van der Waals surface area contributed by atoms with E-state index < -0.39 is 0 Å². The second-order valence-electron chi connectivity index (χ2n) is 4.01. The molecule has 3 heteroatoms. The van der Waals surface area contributed by atoms with Gasteiger partial charge in [0.1, 0.15) is 0 Å². The summed E-state index contributed by atoms with van der Waals surface area (Å²) in [5.41, 5.74) is 5.49. The van der Waals surface area contributed by atoms with Gasteiger partial charge in [0.15, 0.2) is 0 Å². The molecule has 0 spiro atoms. The zero-order valence-electron chi connectivity index (χ0n) is 8.26. The Balaban J connectivity index is 2.32. The van der Waals surface area contributed by atoms with Gasteiger partial charge in [0.05, 0.1) is 0 Å². The molecule has 0 aromatic heterocycles. The maximum Gasteiger partial charge on any atom is 0.0499 e. The zero-order chi connectivity index (χ0) is 10.1. The lowest BCUT2D eigenvalue weighted by atomic mass is 10.0. The summed E-state index contributed by atoms with van der Waals surface area (Å²) in [5.74, 6) is 6.31. The van der Waals surface area contributed by atoms with Crippen molar-refractivity contribution in [1.82, 2.24) is 5.43 Å². The summed E-state index contributed by atoms with van der Waals surface area (Å²) < 4.78 is 1.15.